The van der Waals surface area contributed by atoms with Gasteiger partial charge in [0, 0.05) is 18.6 Å². The fourth-order valence-electron chi connectivity index (χ4n) is 3.90. The van der Waals surface area contributed by atoms with E-state index in [2.05, 4.69) is 33.9 Å². The lowest BCUT2D eigenvalue weighted by Gasteiger charge is -2.37. The van der Waals surface area contributed by atoms with E-state index in [1.807, 2.05) is 0 Å². The maximum absolute atomic E-state index is 13.6. The fourth-order valence-corrected chi connectivity index (χ4v) is 4.95. The first-order chi connectivity index (χ1) is 17.3. The van der Waals surface area contributed by atoms with Crippen LogP contribution in [0.25, 0.3) is 0 Å². The molecule has 12 heteroatoms. The van der Waals surface area contributed by atoms with Gasteiger partial charge in [0.2, 0.25) is 0 Å². The molecule has 0 spiro atoms. The molecule has 1 amide bonds. The molecule has 38 heavy (non-hydrogen) atoms. The third-order valence-corrected chi connectivity index (χ3v) is 11.7. The quantitative estimate of drug-likeness (QED) is 0.268. The molecule has 0 radical (unpaired) electrons. The lowest BCUT2D eigenvalue weighted by Crippen LogP contribution is -2.42. The molecule has 1 heterocycles. The van der Waals surface area contributed by atoms with Crippen LogP contribution in [0.15, 0.2) is 42.5 Å². The molecular formula is C26H30F7NO3Si. The number of halogens is 7. The zero-order valence-electron chi connectivity index (χ0n) is 21.7. The van der Waals surface area contributed by atoms with Crippen molar-refractivity contribution < 1.29 is 44.7 Å². The first kappa shape index (κ1) is 30.1. The van der Waals surface area contributed by atoms with E-state index in [1.54, 1.807) is 0 Å². The topological polar surface area (TPSA) is 38.8 Å². The summed E-state index contributed by atoms with van der Waals surface area (Å²) in [6.45, 7) is 9.95. The maximum Gasteiger partial charge on any atom is 0.416 e. The molecule has 1 aliphatic rings. The lowest BCUT2D eigenvalue weighted by molar-refractivity contribution is -0.143. The first-order valence-electron chi connectivity index (χ1n) is 11.9. The molecule has 0 bridgehead atoms. The number of benzene rings is 2. The Morgan fingerprint density at radius 3 is 1.97 bits per heavy atom. The predicted molar refractivity (Wildman–Crippen MR) is 129 cm³/mol. The number of hydrogen-bond acceptors (Lipinski definition) is 3. The van der Waals surface area contributed by atoms with Crippen molar-refractivity contribution in [1.29, 1.82) is 0 Å². The third kappa shape index (κ3) is 6.57. The van der Waals surface area contributed by atoms with E-state index in [0.29, 0.717) is 17.7 Å². The summed E-state index contributed by atoms with van der Waals surface area (Å²) in [4.78, 5) is 14.2. The minimum atomic E-state index is -5.09. The molecule has 1 saturated heterocycles. The van der Waals surface area contributed by atoms with Crippen LogP contribution in [-0.4, -0.2) is 39.0 Å². The summed E-state index contributed by atoms with van der Waals surface area (Å²) in [6, 6.07) is 6.14. The molecule has 2 aromatic carbocycles. The van der Waals surface area contributed by atoms with E-state index in [0.717, 1.165) is 4.90 Å². The van der Waals surface area contributed by atoms with Crippen LogP contribution in [0, 0.1) is 5.82 Å². The number of rotatable bonds is 6. The second kappa shape index (κ2) is 10.3. The van der Waals surface area contributed by atoms with Crippen molar-refractivity contribution in [2.75, 3.05) is 19.9 Å². The maximum atomic E-state index is 13.6. The van der Waals surface area contributed by atoms with Crippen molar-refractivity contribution in [2.24, 2.45) is 0 Å². The van der Waals surface area contributed by atoms with Crippen molar-refractivity contribution in [3.63, 3.8) is 0 Å². The summed E-state index contributed by atoms with van der Waals surface area (Å²) in [6.07, 6.45) is -9.95. The number of carbonyl (C=O) groups excluding carboxylic acids is 1. The molecule has 1 fully saturated rings. The van der Waals surface area contributed by atoms with Crippen LogP contribution in [0.3, 0.4) is 0 Å². The van der Waals surface area contributed by atoms with Gasteiger partial charge in [0.15, 0.2) is 8.32 Å². The number of ether oxygens (including phenoxy) is 1. The minimum Gasteiger partial charge on any atom is -0.417 e. The highest BCUT2D eigenvalue weighted by atomic mass is 28.4. The zero-order valence-corrected chi connectivity index (χ0v) is 22.7. The van der Waals surface area contributed by atoms with Gasteiger partial charge in [-0.1, -0.05) is 32.9 Å². The summed E-state index contributed by atoms with van der Waals surface area (Å²) >= 11 is 0. The molecule has 1 aliphatic heterocycles. The standard InChI is InChI=1S/C26H30F7NO3Si/c1-23(2,3)38(4,5)37-11-10-24(18-6-8-21(27)9-7-18)15-34(16-36-24)22(35)17-12-19(25(28,29)30)14-20(13-17)26(31,32)33/h6-9,12-14H,10-11,15-16H2,1-5H3/t24-/m0/s1. The van der Waals surface area contributed by atoms with E-state index in [1.165, 1.54) is 24.3 Å². The van der Waals surface area contributed by atoms with Gasteiger partial charge in [-0.25, -0.2) is 4.39 Å². The number of nitrogens with zero attached hydrogens (tertiary/aromatic N) is 1. The van der Waals surface area contributed by atoms with Gasteiger partial charge in [-0.2, -0.15) is 26.3 Å². The van der Waals surface area contributed by atoms with Crippen LogP contribution >= 0.6 is 0 Å². The Balaban J connectivity index is 1.92. The Labute approximate surface area is 217 Å². The smallest absolute Gasteiger partial charge is 0.416 e. The first-order valence-corrected chi connectivity index (χ1v) is 14.8. The number of hydrogen-bond donors (Lipinski definition) is 0. The molecule has 1 atom stereocenters. The molecule has 0 aromatic heterocycles. The Morgan fingerprint density at radius 1 is 0.974 bits per heavy atom. The summed E-state index contributed by atoms with van der Waals surface area (Å²) < 4.78 is 106. The van der Waals surface area contributed by atoms with Crippen molar-refractivity contribution in [3.8, 4) is 0 Å². The molecule has 0 saturated carbocycles. The van der Waals surface area contributed by atoms with E-state index in [9.17, 15) is 35.5 Å². The molecule has 0 unspecified atom stereocenters. The van der Waals surface area contributed by atoms with Gasteiger partial charge in [-0.15, -0.1) is 0 Å². The zero-order chi connectivity index (χ0) is 28.7. The molecule has 210 valence electrons. The van der Waals surface area contributed by atoms with Gasteiger partial charge in [-0.3, -0.25) is 4.79 Å². The van der Waals surface area contributed by atoms with Crippen LogP contribution in [0.5, 0.6) is 0 Å². The highest BCUT2D eigenvalue weighted by Gasteiger charge is 2.45. The second-order valence-electron chi connectivity index (χ2n) is 10.9. The Kier molecular flexibility index (Phi) is 8.14. The predicted octanol–water partition coefficient (Wildman–Crippen LogP) is 7.60. The summed E-state index contributed by atoms with van der Waals surface area (Å²) in [7, 11) is -2.17. The lowest BCUT2D eigenvalue weighted by atomic mass is 9.90. The van der Waals surface area contributed by atoms with Gasteiger partial charge in [0.05, 0.1) is 17.7 Å². The number of alkyl halides is 6. The largest absolute Gasteiger partial charge is 0.417 e. The highest BCUT2D eigenvalue weighted by molar-refractivity contribution is 6.74. The molecule has 0 N–H and O–H groups in total. The van der Waals surface area contributed by atoms with Crippen LogP contribution in [-0.2, 0) is 27.1 Å². The number of carbonyl (C=O) groups is 1. The third-order valence-electron chi connectivity index (χ3n) is 7.21. The molecule has 2 aromatic rings. The normalized spacial score (nSPS) is 19.2. The number of amides is 1. The molecule has 4 nitrogen and oxygen atoms in total. The van der Waals surface area contributed by atoms with Gasteiger partial charge in [0.25, 0.3) is 5.91 Å². The van der Waals surface area contributed by atoms with E-state index < -0.39 is 54.7 Å². The second-order valence-corrected chi connectivity index (χ2v) is 15.7. The molecular weight excluding hydrogens is 535 g/mol. The average Bonchev–Trinajstić information content (AvgIpc) is 3.22. The summed E-state index contributed by atoms with van der Waals surface area (Å²) in [5, 5.41) is -0.0890. The summed E-state index contributed by atoms with van der Waals surface area (Å²) in [5.41, 5.74) is -4.61. The van der Waals surface area contributed by atoms with E-state index >= 15 is 0 Å². The van der Waals surface area contributed by atoms with Crippen molar-refractivity contribution in [2.45, 2.75) is 63.3 Å². The Hall–Kier alpha value is -2.44. The molecule has 0 aliphatic carbocycles. The monoisotopic (exact) mass is 565 g/mol. The van der Waals surface area contributed by atoms with Crippen molar-refractivity contribution >= 4 is 14.2 Å². The summed E-state index contributed by atoms with van der Waals surface area (Å²) in [5.74, 6) is -1.55. The van der Waals surface area contributed by atoms with Crippen LogP contribution < -0.4 is 0 Å². The van der Waals surface area contributed by atoms with E-state index in [-0.39, 0.29) is 37.4 Å². The van der Waals surface area contributed by atoms with Gasteiger partial charge in [0.1, 0.15) is 18.1 Å². The van der Waals surface area contributed by atoms with Gasteiger partial charge < -0.3 is 14.1 Å². The SMILES string of the molecule is CC(C)(C)[Si](C)(C)OCC[C@@]1(c2ccc(F)cc2)CN(C(=O)c2cc(C(F)(F)F)cc(C(F)(F)F)c2)CO1. The van der Waals surface area contributed by atoms with Crippen LogP contribution in [0.1, 0.15) is 54.2 Å². The average molecular weight is 566 g/mol. The highest BCUT2D eigenvalue weighted by Crippen LogP contribution is 2.41. The van der Waals surface area contributed by atoms with Gasteiger partial charge >= 0.3 is 12.4 Å². The van der Waals surface area contributed by atoms with Gasteiger partial charge in [-0.05, 0) is 54.0 Å². The minimum absolute atomic E-state index is 0.0295. The fraction of sp³-hybridized carbons (Fsp3) is 0.500. The van der Waals surface area contributed by atoms with Crippen molar-refractivity contribution in [1.82, 2.24) is 4.90 Å². The van der Waals surface area contributed by atoms with Crippen LogP contribution in [0.2, 0.25) is 18.1 Å². The van der Waals surface area contributed by atoms with Crippen LogP contribution in [0.4, 0.5) is 30.7 Å². The van der Waals surface area contributed by atoms with E-state index in [4.69, 9.17) is 9.16 Å². The Morgan fingerprint density at radius 2 is 1.50 bits per heavy atom. The van der Waals surface area contributed by atoms with Crippen molar-refractivity contribution in [3.05, 3.63) is 70.5 Å². The Bertz CT molecular complexity index is 1130. The molecule has 3 rings (SSSR count).